The van der Waals surface area contributed by atoms with E-state index in [0.29, 0.717) is 24.8 Å². The zero-order valence-corrected chi connectivity index (χ0v) is 10.9. The number of hydrogen-bond acceptors (Lipinski definition) is 4. The lowest BCUT2D eigenvalue weighted by atomic mass is 10.1. The Morgan fingerprint density at radius 1 is 1.29 bits per heavy atom. The molecule has 1 aromatic carbocycles. The van der Waals surface area contributed by atoms with Gasteiger partial charge in [0.05, 0.1) is 26.9 Å². The highest BCUT2D eigenvalue weighted by Gasteiger charge is 2.06. The predicted molar refractivity (Wildman–Crippen MR) is 70.4 cm³/mol. The van der Waals surface area contributed by atoms with Crippen LogP contribution in [0.4, 0.5) is 0 Å². The van der Waals surface area contributed by atoms with Crippen molar-refractivity contribution < 1.29 is 14.2 Å². The maximum absolute atomic E-state index is 5.58. The Bertz CT molecular complexity index is 382. The largest absolute Gasteiger partial charge is 0.496 e. The molecule has 0 unspecified atom stereocenters. The summed E-state index contributed by atoms with van der Waals surface area (Å²) in [5, 5.41) is 0. The van der Waals surface area contributed by atoms with Crippen molar-refractivity contribution in [2.45, 2.75) is 6.61 Å². The molecule has 0 aromatic heterocycles. The van der Waals surface area contributed by atoms with E-state index in [1.807, 2.05) is 18.2 Å². The lowest BCUT2D eigenvalue weighted by molar-refractivity contribution is 0.0608. The van der Waals surface area contributed by atoms with Gasteiger partial charge in [-0.3, -0.25) is 0 Å². The molecule has 0 saturated carbocycles. The molecule has 0 spiro atoms. The van der Waals surface area contributed by atoms with Crippen molar-refractivity contribution in [3.63, 3.8) is 0 Å². The molecule has 0 amide bonds. The smallest absolute Gasteiger partial charge is 0.124 e. The van der Waals surface area contributed by atoms with E-state index in [-0.39, 0.29) is 0 Å². The normalized spacial score (nSPS) is 10.2. The Kier molecular flexibility index (Phi) is 5.90. The monoisotopic (exact) mass is 255 g/mol. The van der Waals surface area contributed by atoms with Crippen LogP contribution >= 0.6 is 12.2 Å². The Balaban J connectivity index is 2.72. The maximum atomic E-state index is 5.58. The lowest BCUT2D eigenvalue weighted by Gasteiger charge is -2.10. The van der Waals surface area contributed by atoms with Crippen LogP contribution in [-0.2, 0) is 16.1 Å². The summed E-state index contributed by atoms with van der Waals surface area (Å²) in [5.74, 6) is 0.766. The third-order valence-electron chi connectivity index (χ3n) is 2.25. The maximum Gasteiger partial charge on any atom is 0.124 e. The molecule has 0 radical (unpaired) electrons. The first kappa shape index (κ1) is 13.9. The van der Waals surface area contributed by atoms with Gasteiger partial charge in [0.2, 0.25) is 0 Å². The third-order valence-corrected chi connectivity index (χ3v) is 2.49. The Morgan fingerprint density at radius 2 is 2.06 bits per heavy atom. The van der Waals surface area contributed by atoms with Crippen LogP contribution in [0.25, 0.3) is 0 Å². The van der Waals surface area contributed by atoms with Gasteiger partial charge < -0.3 is 19.9 Å². The predicted octanol–water partition coefficient (Wildman–Crippen LogP) is 1.49. The zero-order chi connectivity index (χ0) is 12.7. The molecule has 0 atom stereocenters. The number of rotatable bonds is 7. The minimum Gasteiger partial charge on any atom is -0.496 e. The van der Waals surface area contributed by atoms with E-state index in [1.165, 1.54) is 0 Å². The second-order valence-corrected chi connectivity index (χ2v) is 3.88. The molecule has 0 fully saturated rings. The molecule has 17 heavy (non-hydrogen) atoms. The molecule has 4 nitrogen and oxygen atoms in total. The summed E-state index contributed by atoms with van der Waals surface area (Å²) in [4.78, 5) is 0.366. The molecule has 2 N–H and O–H groups in total. The quantitative estimate of drug-likeness (QED) is 0.591. The fourth-order valence-electron chi connectivity index (χ4n) is 1.37. The van der Waals surface area contributed by atoms with Crippen molar-refractivity contribution >= 4 is 17.2 Å². The van der Waals surface area contributed by atoms with Gasteiger partial charge in [-0.15, -0.1) is 0 Å². The molecule has 1 aromatic rings. The van der Waals surface area contributed by atoms with E-state index in [2.05, 4.69) is 0 Å². The minimum atomic E-state index is 0.366. The van der Waals surface area contributed by atoms with E-state index in [0.717, 1.165) is 16.9 Å². The van der Waals surface area contributed by atoms with Gasteiger partial charge in [0.1, 0.15) is 10.7 Å². The second-order valence-electron chi connectivity index (χ2n) is 3.44. The summed E-state index contributed by atoms with van der Waals surface area (Å²) in [5.41, 5.74) is 7.32. The molecule has 5 heteroatoms. The SMILES string of the molecule is COCCOCc1cc(C(N)=S)ccc1OC. The topological polar surface area (TPSA) is 53.7 Å². The molecule has 0 bridgehead atoms. The average molecular weight is 255 g/mol. The minimum absolute atomic E-state index is 0.366. The van der Waals surface area contributed by atoms with Crippen LogP contribution in [0.1, 0.15) is 11.1 Å². The van der Waals surface area contributed by atoms with Crippen molar-refractivity contribution in [2.75, 3.05) is 27.4 Å². The van der Waals surface area contributed by atoms with E-state index >= 15 is 0 Å². The van der Waals surface area contributed by atoms with Crippen molar-refractivity contribution in [1.29, 1.82) is 0 Å². The number of nitrogens with two attached hydrogens (primary N) is 1. The van der Waals surface area contributed by atoms with E-state index < -0.39 is 0 Å². The van der Waals surface area contributed by atoms with Gasteiger partial charge in [0, 0.05) is 18.2 Å². The van der Waals surface area contributed by atoms with Gasteiger partial charge in [-0.1, -0.05) is 12.2 Å². The molecule has 0 heterocycles. The van der Waals surface area contributed by atoms with E-state index in [1.54, 1.807) is 14.2 Å². The lowest BCUT2D eigenvalue weighted by Crippen LogP contribution is -2.10. The number of hydrogen-bond donors (Lipinski definition) is 1. The molecule has 0 saturated heterocycles. The van der Waals surface area contributed by atoms with Gasteiger partial charge in [-0.25, -0.2) is 0 Å². The fourth-order valence-corrected chi connectivity index (χ4v) is 1.50. The molecular formula is C12H17NO3S. The van der Waals surface area contributed by atoms with Crippen LogP contribution in [0, 0.1) is 0 Å². The van der Waals surface area contributed by atoms with Crippen molar-refractivity contribution in [3.05, 3.63) is 29.3 Å². The van der Waals surface area contributed by atoms with E-state index in [9.17, 15) is 0 Å². The number of benzene rings is 1. The Morgan fingerprint density at radius 3 is 2.65 bits per heavy atom. The van der Waals surface area contributed by atoms with Crippen LogP contribution in [0.3, 0.4) is 0 Å². The summed E-state index contributed by atoms with van der Waals surface area (Å²) in [6.07, 6.45) is 0. The van der Waals surface area contributed by atoms with Gasteiger partial charge in [-0.2, -0.15) is 0 Å². The molecule has 0 aliphatic carbocycles. The van der Waals surface area contributed by atoms with Crippen molar-refractivity contribution in [1.82, 2.24) is 0 Å². The zero-order valence-electron chi connectivity index (χ0n) is 10.1. The first-order valence-electron chi connectivity index (χ1n) is 5.22. The van der Waals surface area contributed by atoms with Crippen LogP contribution in [0.5, 0.6) is 5.75 Å². The third kappa shape index (κ3) is 4.30. The van der Waals surface area contributed by atoms with Gasteiger partial charge >= 0.3 is 0 Å². The van der Waals surface area contributed by atoms with Crippen LogP contribution in [0.15, 0.2) is 18.2 Å². The van der Waals surface area contributed by atoms with Crippen LogP contribution < -0.4 is 10.5 Å². The molecule has 94 valence electrons. The molecule has 0 aliphatic rings. The molecule has 0 aliphatic heterocycles. The Hall–Kier alpha value is -1.17. The summed E-state index contributed by atoms with van der Waals surface area (Å²) >= 11 is 4.93. The summed E-state index contributed by atoms with van der Waals surface area (Å²) in [6.45, 7) is 1.55. The average Bonchev–Trinajstić information content (AvgIpc) is 2.34. The standard InChI is InChI=1S/C12H17NO3S/c1-14-5-6-16-8-10-7-9(12(13)17)3-4-11(10)15-2/h3-4,7H,5-6,8H2,1-2H3,(H2,13,17). The van der Waals surface area contributed by atoms with Gasteiger partial charge in [0.25, 0.3) is 0 Å². The van der Waals surface area contributed by atoms with Crippen molar-refractivity contribution in [3.8, 4) is 5.75 Å². The number of thiocarbonyl (C=S) groups is 1. The van der Waals surface area contributed by atoms with Crippen molar-refractivity contribution in [2.24, 2.45) is 5.73 Å². The first-order chi connectivity index (χ1) is 8.19. The first-order valence-corrected chi connectivity index (χ1v) is 5.63. The second kappa shape index (κ2) is 7.21. The highest BCUT2D eigenvalue weighted by Crippen LogP contribution is 2.20. The summed E-state index contributed by atoms with van der Waals surface area (Å²) in [6, 6.07) is 5.55. The fraction of sp³-hybridized carbons (Fsp3) is 0.417. The van der Waals surface area contributed by atoms with Gasteiger partial charge in [0.15, 0.2) is 0 Å². The number of methoxy groups -OCH3 is 2. The highest BCUT2D eigenvalue weighted by molar-refractivity contribution is 7.80. The van der Waals surface area contributed by atoms with Crippen LogP contribution in [0.2, 0.25) is 0 Å². The summed E-state index contributed by atoms with van der Waals surface area (Å²) in [7, 11) is 3.26. The molecule has 1 rings (SSSR count). The van der Waals surface area contributed by atoms with E-state index in [4.69, 9.17) is 32.2 Å². The highest BCUT2D eigenvalue weighted by atomic mass is 32.1. The Labute approximate surface area is 107 Å². The number of ether oxygens (including phenoxy) is 3. The molecular weight excluding hydrogens is 238 g/mol. The van der Waals surface area contributed by atoms with Gasteiger partial charge in [-0.05, 0) is 18.2 Å². The van der Waals surface area contributed by atoms with Crippen LogP contribution in [-0.4, -0.2) is 32.4 Å². The summed E-state index contributed by atoms with van der Waals surface area (Å²) < 4.78 is 15.6.